The van der Waals surface area contributed by atoms with Crippen LogP contribution in [0.15, 0.2) is 47.4 Å². The van der Waals surface area contributed by atoms with E-state index in [1.54, 1.807) is 12.5 Å². The van der Waals surface area contributed by atoms with Crippen LogP contribution in [0.5, 0.6) is 0 Å². The number of nitrogens with one attached hydrogen (secondary N) is 2. The number of benzene rings is 1. The van der Waals surface area contributed by atoms with Crippen LogP contribution in [0.2, 0.25) is 0 Å². The topological polar surface area (TPSA) is 105 Å². The van der Waals surface area contributed by atoms with Crippen molar-refractivity contribution < 1.29 is 4.52 Å². The zero-order valence-corrected chi connectivity index (χ0v) is 15.4. The van der Waals surface area contributed by atoms with E-state index < -0.39 is 0 Å². The highest BCUT2D eigenvalue weighted by Crippen LogP contribution is 2.35. The van der Waals surface area contributed by atoms with Crippen LogP contribution in [0.4, 0.5) is 5.82 Å². The maximum atomic E-state index is 5.56. The number of fused-ring (bicyclic) bond motifs is 1. The van der Waals surface area contributed by atoms with Crippen LogP contribution in [0.25, 0.3) is 11.0 Å². The summed E-state index contributed by atoms with van der Waals surface area (Å²) in [4.78, 5) is 13.2. The predicted octanol–water partition coefficient (Wildman–Crippen LogP) is 3.27. The van der Waals surface area contributed by atoms with E-state index in [0.717, 1.165) is 60.7 Å². The van der Waals surface area contributed by atoms with Gasteiger partial charge in [0.1, 0.15) is 12.1 Å². The first-order valence-electron chi connectivity index (χ1n) is 9.62. The number of hydrogen-bond donors (Lipinski definition) is 2. The van der Waals surface area contributed by atoms with Crippen LogP contribution in [0, 0.1) is 0 Å². The van der Waals surface area contributed by atoms with E-state index in [9.17, 15) is 0 Å². The molecule has 2 N–H and O–H groups in total. The molecule has 0 spiro atoms. The minimum absolute atomic E-state index is 0.289. The van der Waals surface area contributed by atoms with E-state index in [2.05, 4.69) is 59.9 Å². The minimum Gasteiger partial charge on any atom is -0.367 e. The summed E-state index contributed by atoms with van der Waals surface area (Å²) in [5.74, 6) is 2.64. The highest BCUT2D eigenvalue weighted by Gasteiger charge is 2.30. The zero-order chi connectivity index (χ0) is 18.8. The Morgan fingerprint density at radius 1 is 1.11 bits per heavy atom. The molecule has 4 aromatic rings. The molecular formula is C20H21N7O. The second-order valence-corrected chi connectivity index (χ2v) is 7.24. The summed E-state index contributed by atoms with van der Waals surface area (Å²) in [7, 11) is 0. The van der Waals surface area contributed by atoms with Crippen molar-refractivity contribution >= 4 is 16.9 Å². The number of aromatic nitrogens is 6. The second-order valence-electron chi connectivity index (χ2n) is 7.24. The molecule has 1 aliphatic rings. The van der Waals surface area contributed by atoms with Crippen LogP contribution in [0.3, 0.4) is 0 Å². The van der Waals surface area contributed by atoms with Crippen molar-refractivity contribution in [3.8, 4) is 0 Å². The molecule has 0 amide bonds. The molecule has 1 saturated carbocycles. The molecule has 0 radical (unpaired) electrons. The number of nitrogens with zero attached hydrogens (tertiary/aromatic N) is 5. The van der Waals surface area contributed by atoms with Gasteiger partial charge in [-0.2, -0.15) is 10.1 Å². The van der Waals surface area contributed by atoms with Crippen LogP contribution in [-0.4, -0.2) is 36.3 Å². The van der Waals surface area contributed by atoms with Crippen molar-refractivity contribution in [2.45, 2.75) is 44.1 Å². The van der Waals surface area contributed by atoms with Crippen molar-refractivity contribution in [2.24, 2.45) is 0 Å². The molecule has 28 heavy (non-hydrogen) atoms. The average molecular weight is 375 g/mol. The van der Waals surface area contributed by atoms with Gasteiger partial charge in [-0.25, -0.2) is 9.97 Å². The van der Waals surface area contributed by atoms with E-state index in [1.165, 1.54) is 5.56 Å². The third kappa shape index (κ3) is 3.45. The number of aromatic amines is 1. The van der Waals surface area contributed by atoms with Gasteiger partial charge in [0.15, 0.2) is 11.5 Å². The van der Waals surface area contributed by atoms with Gasteiger partial charge in [-0.05, 0) is 31.2 Å². The fourth-order valence-corrected chi connectivity index (χ4v) is 3.85. The van der Waals surface area contributed by atoms with Gasteiger partial charge in [0.2, 0.25) is 5.89 Å². The Bertz CT molecular complexity index is 1060. The monoisotopic (exact) mass is 375 g/mol. The highest BCUT2D eigenvalue weighted by molar-refractivity contribution is 5.85. The molecule has 142 valence electrons. The first kappa shape index (κ1) is 16.9. The number of aryl methyl sites for hydroxylation is 2. The van der Waals surface area contributed by atoms with Crippen LogP contribution >= 0.6 is 0 Å². The van der Waals surface area contributed by atoms with Crippen LogP contribution < -0.4 is 5.32 Å². The summed E-state index contributed by atoms with van der Waals surface area (Å²) in [6.07, 6.45) is 8.02. The fourth-order valence-electron chi connectivity index (χ4n) is 3.85. The number of hydrogen-bond acceptors (Lipinski definition) is 7. The van der Waals surface area contributed by atoms with E-state index in [1.807, 2.05) is 6.07 Å². The average Bonchev–Trinajstić information content (AvgIpc) is 3.48. The third-order valence-electron chi connectivity index (χ3n) is 5.33. The van der Waals surface area contributed by atoms with Crippen molar-refractivity contribution in [2.75, 3.05) is 5.32 Å². The number of rotatable bonds is 6. The first-order chi connectivity index (χ1) is 13.8. The van der Waals surface area contributed by atoms with Crippen molar-refractivity contribution in [1.82, 2.24) is 30.3 Å². The van der Waals surface area contributed by atoms with Gasteiger partial charge in [-0.1, -0.05) is 35.5 Å². The fraction of sp³-hybridized carbons (Fsp3) is 0.350. The summed E-state index contributed by atoms with van der Waals surface area (Å²) in [6.45, 7) is 0. The predicted molar refractivity (Wildman–Crippen MR) is 104 cm³/mol. The van der Waals surface area contributed by atoms with Crippen molar-refractivity contribution in [3.63, 3.8) is 0 Å². The van der Waals surface area contributed by atoms with Gasteiger partial charge in [-0.15, -0.1) is 0 Å². The summed E-state index contributed by atoms with van der Waals surface area (Å²) >= 11 is 0. The molecular weight excluding hydrogens is 354 g/mol. The number of anilines is 1. The molecule has 0 bridgehead atoms. The minimum atomic E-state index is 0.289. The smallest absolute Gasteiger partial charge is 0.229 e. The van der Waals surface area contributed by atoms with Gasteiger partial charge >= 0.3 is 0 Å². The zero-order valence-electron chi connectivity index (χ0n) is 15.4. The molecule has 0 unspecified atom stereocenters. The van der Waals surface area contributed by atoms with Crippen LogP contribution in [-0.2, 0) is 12.8 Å². The Hall–Kier alpha value is -3.29. The normalized spacial score (nSPS) is 19.3. The lowest BCUT2D eigenvalue weighted by Gasteiger charge is -2.13. The Kier molecular flexibility index (Phi) is 4.44. The molecule has 8 nitrogen and oxygen atoms in total. The summed E-state index contributed by atoms with van der Waals surface area (Å²) in [5, 5.41) is 15.5. The first-order valence-corrected chi connectivity index (χ1v) is 9.62. The van der Waals surface area contributed by atoms with Crippen molar-refractivity contribution in [1.29, 1.82) is 0 Å². The van der Waals surface area contributed by atoms with E-state index in [0.29, 0.717) is 6.04 Å². The molecule has 8 heteroatoms. The van der Waals surface area contributed by atoms with Gasteiger partial charge in [0.05, 0.1) is 11.6 Å². The molecule has 5 rings (SSSR count). The lowest BCUT2D eigenvalue weighted by molar-refractivity contribution is 0.349. The summed E-state index contributed by atoms with van der Waals surface area (Å²) in [5.41, 5.74) is 2.03. The summed E-state index contributed by atoms with van der Waals surface area (Å²) in [6, 6.07) is 10.7. The standard InChI is InChI=1S/C20H21N7O/c1-2-4-13(5-3-1)6-9-17-25-20(28-27-17)14-7-8-15(10-14)24-18-16-11-23-26-19(16)22-12-21-18/h1-5,11-12,14-15H,6-10H2,(H2,21,22,23,24,26)/t14-,15-/m0/s1. The highest BCUT2D eigenvalue weighted by atomic mass is 16.5. The van der Waals surface area contributed by atoms with Gasteiger partial charge in [0, 0.05) is 18.4 Å². The third-order valence-corrected chi connectivity index (χ3v) is 5.33. The summed E-state index contributed by atoms with van der Waals surface area (Å²) < 4.78 is 5.56. The molecule has 1 fully saturated rings. The Labute approximate surface area is 161 Å². The Balaban J connectivity index is 1.20. The molecule has 1 aliphatic carbocycles. The van der Waals surface area contributed by atoms with Crippen molar-refractivity contribution in [3.05, 3.63) is 60.1 Å². The lowest BCUT2D eigenvalue weighted by Crippen LogP contribution is -2.16. The molecule has 0 aliphatic heterocycles. The molecule has 1 aromatic carbocycles. The van der Waals surface area contributed by atoms with Gasteiger partial charge in [0.25, 0.3) is 0 Å². The maximum Gasteiger partial charge on any atom is 0.229 e. The van der Waals surface area contributed by atoms with E-state index >= 15 is 0 Å². The lowest BCUT2D eigenvalue weighted by atomic mass is 10.1. The molecule has 3 aromatic heterocycles. The second kappa shape index (κ2) is 7.38. The van der Waals surface area contributed by atoms with E-state index in [-0.39, 0.29) is 5.92 Å². The Morgan fingerprint density at radius 3 is 2.96 bits per heavy atom. The molecule has 0 saturated heterocycles. The van der Waals surface area contributed by atoms with Gasteiger partial charge < -0.3 is 9.84 Å². The van der Waals surface area contributed by atoms with Crippen LogP contribution in [0.1, 0.15) is 42.5 Å². The maximum absolute atomic E-state index is 5.56. The SMILES string of the molecule is c1ccc(CCc2noc([C@H]3CC[C@H](Nc4ncnc5[nH]ncc45)C3)n2)cc1. The van der Waals surface area contributed by atoms with Gasteiger partial charge in [-0.3, -0.25) is 5.10 Å². The largest absolute Gasteiger partial charge is 0.367 e. The number of H-pyrrole nitrogens is 1. The molecule has 3 heterocycles. The quantitative estimate of drug-likeness (QED) is 0.533. The molecule has 2 atom stereocenters. The van der Waals surface area contributed by atoms with E-state index in [4.69, 9.17) is 4.52 Å². The Morgan fingerprint density at radius 2 is 2.04 bits per heavy atom.